The summed E-state index contributed by atoms with van der Waals surface area (Å²) >= 11 is 0. The van der Waals surface area contributed by atoms with Crippen molar-refractivity contribution in [2.24, 2.45) is 11.8 Å². The van der Waals surface area contributed by atoms with Gasteiger partial charge in [0.05, 0.1) is 7.11 Å². The molecule has 0 aromatic rings. The van der Waals surface area contributed by atoms with Gasteiger partial charge in [0.2, 0.25) is 0 Å². The van der Waals surface area contributed by atoms with Gasteiger partial charge in [-0.25, -0.2) is 0 Å². The summed E-state index contributed by atoms with van der Waals surface area (Å²) in [5.41, 5.74) is 0. The maximum absolute atomic E-state index is 11.4. The minimum absolute atomic E-state index is 0.0185. The summed E-state index contributed by atoms with van der Waals surface area (Å²) in [6, 6.07) is -0.0185. The van der Waals surface area contributed by atoms with E-state index in [0.29, 0.717) is 5.92 Å². The summed E-state index contributed by atoms with van der Waals surface area (Å²) in [6.07, 6.45) is 2.08. The molecule has 1 saturated heterocycles. The number of methoxy groups -OCH3 is 1. The van der Waals surface area contributed by atoms with Crippen molar-refractivity contribution >= 4 is 5.97 Å². The number of esters is 1. The molecule has 2 atom stereocenters. The van der Waals surface area contributed by atoms with Crippen molar-refractivity contribution in [3.63, 3.8) is 0 Å². The van der Waals surface area contributed by atoms with Crippen LogP contribution < -0.4 is 0 Å². The molecule has 0 N–H and O–H groups in total. The van der Waals surface area contributed by atoms with Gasteiger partial charge in [0, 0.05) is 6.54 Å². The number of nitrogens with zero attached hydrogens (tertiary/aromatic N) is 1. The van der Waals surface area contributed by atoms with Gasteiger partial charge in [-0.2, -0.15) is 0 Å². The second-order valence-electron chi connectivity index (χ2n) is 4.56. The van der Waals surface area contributed by atoms with E-state index in [4.69, 9.17) is 4.74 Å². The topological polar surface area (TPSA) is 29.5 Å². The Balaban J connectivity index is 0.00000106. The number of ether oxygens (including phenoxy) is 1. The molecule has 96 valence electrons. The second kappa shape index (κ2) is 7.66. The van der Waals surface area contributed by atoms with Crippen LogP contribution in [0.1, 0.15) is 40.5 Å². The van der Waals surface area contributed by atoms with Gasteiger partial charge in [-0.15, -0.1) is 0 Å². The molecule has 2 unspecified atom stereocenters. The summed E-state index contributed by atoms with van der Waals surface area (Å²) in [6.45, 7) is 9.51. The van der Waals surface area contributed by atoms with Gasteiger partial charge in [-0.1, -0.05) is 27.7 Å². The van der Waals surface area contributed by atoms with Crippen LogP contribution in [0.5, 0.6) is 0 Å². The molecule has 3 heteroatoms. The molecule has 1 heterocycles. The molecule has 0 aliphatic carbocycles. The normalized spacial score (nSPS) is 25.9. The second-order valence-corrected chi connectivity index (χ2v) is 4.56. The van der Waals surface area contributed by atoms with Crippen molar-refractivity contribution in [3.05, 3.63) is 0 Å². The highest BCUT2D eigenvalue weighted by Gasteiger charge is 2.32. The van der Waals surface area contributed by atoms with E-state index in [1.54, 1.807) is 0 Å². The van der Waals surface area contributed by atoms with E-state index in [0.717, 1.165) is 25.3 Å². The van der Waals surface area contributed by atoms with Gasteiger partial charge in [-0.3, -0.25) is 9.69 Å². The van der Waals surface area contributed by atoms with Crippen LogP contribution in [-0.2, 0) is 9.53 Å². The van der Waals surface area contributed by atoms with Gasteiger partial charge in [0.1, 0.15) is 6.04 Å². The van der Waals surface area contributed by atoms with Crippen molar-refractivity contribution in [1.29, 1.82) is 0 Å². The van der Waals surface area contributed by atoms with Crippen LogP contribution in [0.2, 0.25) is 0 Å². The Labute approximate surface area is 100 Å². The number of rotatable bonds is 2. The highest BCUT2D eigenvalue weighted by Crippen LogP contribution is 2.26. The van der Waals surface area contributed by atoms with Crippen molar-refractivity contribution in [2.45, 2.75) is 46.6 Å². The molecule has 0 radical (unpaired) electrons. The first-order chi connectivity index (χ1) is 7.56. The molecule has 0 aromatic carbocycles. The monoisotopic (exact) mass is 229 g/mol. The molecule has 0 saturated carbocycles. The van der Waals surface area contributed by atoms with Gasteiger partial charge in [0.25, 0.3) is 0 Å². The van der Waals surface area contributed by atoms with E-state index in [9.17, 15) is 4.79 Å². The minimum Gasteiger partial charge on any atom is -0.468 e. The summed E-state index contributed by atoms with van der Waals surface area (Å²) in [7, 11) is 3.47. The van der Waals surface area contributed by atoms with Crippen molar-refractivity contribution < 1.29 is 9.53 Å². The zero-order chi connectivity index (χ0) is 12.7. The maximum Gasteiger partial charge on any atom is 0.323 e. The number of hydrogen-bond donors (Lipinski definition) is 0. The molecule has 1 aliphatic rings. The van der Waals surface area contributed by atoms with Crippen molar-refractivity contribution in [1.82, 2.24) is 4.90 Å². The minimum atomic E-state index is -0.0882. The maximum atomic E-state index is 11.4. The van der Waals surface area contributed by atoms with Crippen molar-refractivity contribution in [3.8, 4) is 0 Å². The predicted octanol–water partition coefficient (Wildman–Crippen LogP) is 2.55. The van der Waals surface area contributed by atoms with Crippen LogP contribution in [0, 0.1) is 11.8 Å². The zero-order valence-electron chi connectivity index (χ0n) is 11.6. The lowest BCUT2D eigenvalue weighted by Gasteiger charge is -2.37. The lowest BCUT2D eigenvalue weighted by Crippen LogP contribution is -2.46. The summed E-state index contributed by atoms with van der Waals surface area (Å²) < 4.78 is 4.78. The quantitative estimate of drug-likeness (QED) is 0.682. The van der Waals surface area contributed by atoms with E-state index in [-0.39, 0.29) is 12.0 Å². The van der Waals surface area contributed by atoms with E-state index in [1.165, 1.54) is 7.11 Å². The van der Waals surface area contributed by atoms with Gasteiger partial charge in [-0.05, 0) is 31.7 Å². The van der Waals surface area contributed by atoms with Crippen LogP contribution in [0.3, 0.4) is 0 Å². The number of likely N-dealkylation sites (tertiary alicyclic amines) is 1. The van der Waals surface area contributed by atoms with Gasteiger partial charge >= 0.3 is 5.97 Å². The zero-order valence-corrected chi connectivity index (χ0v) is 11.6. The van der Waals surface area contributed by atoms with Crippen LogP contribution >= 0.6 is 0 Å². The largest absolute Gasteiger partial charge is 0.468 e. The fourth-order valence-corrected chi connectivity index (χ4v) is 2.16. The Hall–Kier alpha value is -0.570. The van der Waals surface area contributed by atoms with Gasteiger partial charge < -0.3 is 4.74 Å². The number of hydrogen-bond acceptors (Lipinski definition) is 3. The van der Waals surface area contributed by atoms with E-state index in [2.05, 4.69) is 18.7 Å². The lowest BCUT2D eigenvalue weighted by atomic mass is 9.85. The van der Waals surface area contributed by atoms with Crippen molar-refractivity contribution in [2.75, 3.05) is 20.7 Å². The number of piperidine rings is 1. The molecular formula is C13H27NO2. The van der Waals surface area contributed by atoms with Crippen LogP contribution in [0.4, 0.5) is 0 Å². The highest BCUT2D eigenvalue weighted by molar-refractivity contribution is 5.75. The Morgan fingerprint density at radius 1 is 1.31 bits per heavy atom. The van der Waals surface area contributed by atoms with Crippen LogP contribution in [0.15, 0.2) is 0 Å². The first-order valence-electron chi connectivity index (χ1n) is 6.34. The Kier molecular flexibility index (Phi) is 7.39. The summed E-state index contributed by atoms with van der Waals surface area (Å²) in [5, 5.41) is 0. The highest BCUT2D eigenvalue weighted by atomic mass is 16.5. The molecular weight excluding hydrogens is 202 g/mol. The number of likely N-dealkylation sites (N-methyl/N-ethyl adjacent to an activating group) is 1. The Morgan fingerprint density at radius 3 is 2.25 bits per heavy atom. The first kappa shape index (κ1) is 15.4. The molecule has 1 fully saturated rings. The van der Waals surface area contributed by atoms with E-state index < -0.39 is 0 Å². The molecule has 16 heavy (non-hydrogen) atoms. The molecule has 0 spiro atoms. The SMILES string of the molecule is CC.COC(=O)C1CCC(C(C)C)CN1C. The molecule has 0 bridgehead atoms. The summed E-state index contributed by atoms with van der Waals surface area (Å²) in [4.78, 5) is 13.5. The third-order valence-corrected chi connectivity index (χ3v) is 3.28. The molecule has 0 aromatic heterocycles. The summed E-state index contributed by atoms with van der Waals surface area (Å²) in [5.74, 6) is 1.34. The average molecular weight is 229 g/mol. The predicted molar refractivity (Wildman–Crippen MR) is 67.3 cm³/mol. The third kappa shape index (κ3) is 4.12. The first-order valence-corrected chi connectivity index (χ1v) is 6.34. The molecule has 0 amide bonds. The Morgan fingerprint density at radius 2 is 1.88 bits per heavy atom. The van der Waals surface area contributed by atoms with E-state index >= 15 is 0 Å². The van der Waals surface area contributed by atoms with E-state index in [1.807, 2.05) is 20.9 Å². The average Bonchev–Trinajstić information content (AvgIpc) is 2.30. The smallest absolute Gasteiger partial charge is 0.323 e. The third-order valence-electron chi connectivity index (χ3n) is 3.28. The standard InChI is InChI=1S/C11H21NO2.C2H6/c1-8(2)9-5-6-10(11(13)14-4)12(3)7-9;1-2/h8-10H,5-7H2,1-4H3;1-2H3. The van der Waals surface area contributed by atoms with Gasteiger partial charge in [0.15, 0.2) is 0 Å². The number of carbonyl (C=O) groups excluding carboxylic acids is 1. The lowest BCUT2D eigenvalue weighted by molar-refractivity contribution is -0.148. The Bertz CT molecular complexity index is 204. The fraction of sp³-hybridized carbons (Fsp3) is 0.923. The number of carbonyl (C=O) groups is 1. The fourth-order valence-electron chi connectivity index (χ4n) is 2.16. The molecule has 1 rings (SSSR count). The van der Waals surface area contributed by atoms with Crippen LogP contribution in [-0.4, -0.2) is 37.6 Å². The molecule has 3 nitrogen and oxygen atoms in total. The molecule has 1 aliphatic heterocycles. The van der Waals surface area contributed by atoms with Crippen LogP contribution in [0.25, 0.3) is 0 Å².